The van der Waals surface area contributed by atoms with E-state index >= 15 is 0 Å². The van der Waals surface area contributed by atoms with Crippen LogP contribution in [0.5, 0.6) is 0 Å². The quantitative estimate of drug-likeness (QED) is 0.782. The smallest absolute Gasteiger partial charge is 0.123 e. The molecule has 0 amide bonds. The van der Waals surface area contributed by atoms with Gasteiger partial charge in [0, 0.05) is 12.5 Å². The van der Waals surface area contributed by atoms with E-state index in [1.54, 1.807) is 0 Å². The van der Waals surface area contributed by atoms with Gasteiger partial charge < -0.3 is 14.5 Å². The van der Waals surface area contributed by atoms with Gasteiger partial charge in [0.15, 0.2) is 0 Å². The molecular formula is C11H17NO2. The van der Waals surface area contributed by atoms with E-state index in [9.17, 15) is 0 Å². The molecule has 0 saturated carbocycles. The van der Waals surface area contributed by atoms with E-state index in [0.29, 0.717) is 12.6 Å². The molecule has 3 heteroatoms. The highest BCUT2D eigenvalue weighted by atomic mass is 16.5. The average molecular weight is 195 g/mol. The third-order valence-electron chi connectivity index (χ3n) is 2.51. The Balaban J connectivity index is 2.06. The first-order valence-corrected chi connectivity index (χ1v) is 5.22. The van der Waals surface area contributed by atoms with Crippen LogP contribution in [-0.2, 0) is 11.2 Å². The molecule has 2 heterocycles. The minimum atomic E-state index is 0.221. The van der Waals surface area contributed by atoms with Gasteiger partial charge in [-0.3, -0.25) is 0 Å². The Hall–Kier alpha value is -0.800. The van der Waals surface area contributed by atoms with Crippen LogP contribution in [0.25, 0.3) is 0 Å². The zero-order valence-corrected chi connectivity index (χ0v) is 8.75. The molecule has 0 radical (unpaired) electrons. The van der Waals surface area contributed by atoms with Crippen LogP contribution >= 0.6 is 0 Å². The third-order valence-corrected chi connectivity index (χ3v) is 2.51. The molecule has 1 saturated heterocycles. The van der Waals surface area contributed by atoms with Gasteiger partial charge in [-0.1, -0.05) is 6.92 Å². The number of hydrogen-bond acceptors (Lipinski definition) is 3. The highest BCUT2D eigenvalue weighted by Gasteiger charge is 2.22. The van der Waals surface area contributed by atoms with Crippen molar-refractivity contribution < 1.29 is 9.15 Å². The van der Waals surface area contributed by atoms with Crippen molar-refractivity contribution in [1.29, 1.82) is 0 Å². The minimum absolute atomic E-state index is 0.221. The van der Waals surface area contributed by atoms with E-state index in [4.69, 9.17) is 9.15 Å². The molecule has 1 aliphatic rings. The highest BCUT2D eigenvalue weighted by Crippen LogP contribution is 2.20. The van der Waals surface area contributed by atoms with E-state index in [-0.39, 0.29) is 6.04 Å². The van der Waals surface area contributed by atoms with Crippen LogP contribution in [-0.4, -0.2) is 19.3 Å². The van der Waals surface area contributed by atoms with Gasteiger partial charge in [-0.05, 0) is 19.1 Å². The second-order valence-corrected chi connectivity index (χ2v) is 3.82. The van der Waals surface area contributed by atoms with Gasteiger partial charge in [-0.15, -0.1) is 0 Å². The summed E-state index contributed by atoms with van der Waals surface area (Å²) in [5, 5.41) is 3.45. The SMILES string of the molecule is CCc1ccc(C2COCC(C)N2)o1. The molecule has 2 rings (SSSR count). The Labute approximate surface area is 84.4 Å². The van der Waals surface area contributed by atoms with Crippen molar-refractivity contribution >= 4 is 0 Å². The van der Waals surface area contributed by atoms with Gasteiger partial charge in [0.2, 0.25) is 0 Å². The Morgan fingerprint density at radius 1 is 1.43 bits per heavy atom. The summed E-state index contributed by atoms with van der Waals surface area (Å²) < 4.78 is 11.1. The molecule has 0 aromatic carbocycles. The molecule has 1 N–H and O–H groups in total. The first-order valence-electron chi connectivity index (χ1n) is 5.22. The zero-order chi connectivity index (χ0) is 9.97. The number of hydrogen-bond donors (Lipinski definition) is 1. The summed E-state index contributed by atoms with van der Waals surface area (Å²) in [4.78, 5) is 0. The number of rotatable bonds is 2. The maximum atomic E-state index is 5.68. The van der Waals surface area contributed by atoms with Crippen molar-refractivity contribution in [3.05, 3.63) is 23.7 Å². The Kier molecular flexibility index (Phi) is 2.89. The van der Waals surface area contributed by atoms with Crippen LogP contribution in [0.3, 0.4) is 0 Å². The third kappa shape index (κ3) is 1.99. The van der Waals surface area contributed by atoms with Crippen molar-refractivity contribution in [3.8, 4) is 0 Å². The number of nitrogens with one attached hydrogen (secondary N) is 1. The molecule has 14 heavy (non-hydrogen) atoms. The summed E-state index contributed by atoms with van der Waals surface area (Å²) >= 11 is 0. The number of aryl methyl sites for hydroxylation is 1. The highest BCUT2D eigenvalue weighted by molar-refractivity contribution is 5.11. The first kappa shape index (κ1) is 9.74. The average Bonchev–Trinajstić information content (AvgIpc) is 2.66. The van der Waals surface area contributed by atoms with Gasteiger partial charge in [0.25, 0.3) is 0 Å². The minimum Gasteiger partial charge on any atom is -0.464 e. The molecule has 3 nitrogen and oxygen atoms in total. The maximum absolute atomic E-state index is 5.68. The second-order valence-electron chi connectivity index (χ2n) is 3.82. The lowest BCUT2D eigenvalue weighted by Crippen LogP contribution is -2.41. The second kappa shape index (κ2) is 4.15. The van der Waals surface area contributed by atoms with Crippen LogP contribution in [0.15, 0.2) is 16.5 Å². The van der Waals surface area contributed by atoms with Gasteiger partial charge in [0.1, 0.15) is 11.5 Å². The molecule has 1 aromatic rings. The van der Waals surface area contributed by atoms with Crippen LogP contribution < -0.4 is 5.32 Å². The lowest BCUT2D eigenvalue weighted by Gasteiger charge is -2.27. The standard InChI is InChI=1S/C11H17NO2/c1-3-9-4-5-11(14-9)10-7-13-6-8(2)12-10/h4-5,8,10,12H,3,6-7H2,1-2H3. The van der Waals surface area contributed by atoms with Crippen LogP contribution in [0.4, 0.5) is 0 Å². The summed E-state index contributed by atoms with van der Waals surface area (Å²) in [5.74, 6) is 2.04. The Morgan fingerprint density at radius 3 is 2.93 bits per heavy atom. The first-order chi connectivity index (χ1) is 6.79. The van der Waals surface area contributed by atoms with Gasteiger partial charge in [0.05, 0.1) is 19.3 Å². The lowest BCUT2D eigenvalue weighted by molar-refractivity contribution is 0.0437. The monoisotopic (exact) mass is 195 g/mol. The molecule has 0 spiro atoms. The molecule has 0 aliphatic carbocycles. The van der Waals surface area contributed by atoms with Crippen LogP contribution in [0.2, 0.25) is 0 Å². The molecular weight excluding hydrogens is 178 g/mol. The fraction of sp³-hybridized carbons (Fsp3) is 0.636. The number of morpholine rings is 1. The summed E-state index contributed by atoms with van der Waals surface area (Å²) in [6.07, 6.45) is 0.948. The molecule has 78 valence electrons. The van der Waals surface area contributed by atoms with E-state index in [2.05, 4.69) is 19.2 Å². The van der Waals surface area contributed by atoms with Crippen molar-refractivity contribution in [2.45, 2.75) is 32.4 Å². The van der Waals surface area contributed by atoms with Gasteiger partial charge in [-0.25, -0.2) is 0 Å². The van der Waals surface area contributed by atoms with Gasteiger partial charge >= 0.3 is 0 Å². The fourth-order valence-electron chi connectivity index (χ4n) is 1.74. The summed E-state index contributed by atoms with van der Waals surface area (Å²) in [5.41, 5.74) is 0. The lowest BCUT2D eigenvalue weighted by atomic mass is 10.2. The topological polar surface area (TPSA) is 34.4 Å². The van der Waals surface area contributed by atoms with E-state index in [0.717, 1.165) is 24.5 Å². The van der Waals surface area contributed by atoms with Crippen LogP contribution in [0, 0.1) is 0 Å². The largest absolute Gasteiger partial charge is 0.464 e. The number of furan rings is 1. The number of ether oxygens (including phenoxy) is 1. The molecule has 2 atom stereocenters. The van der Waals surface area contributed by atoms with Crippen molar-refractivity contribution in [2.24, 2.45) is 0 Å². The molecule has 1 aromatic heterocycles. The molecule has 1 aliphatic heterocycles. The predicted molar refractivity (Wildman–Crippen MR) is 54.2 cm³/mol. The fourth-order valence-corrected chi connectivity index (χ4v) is 1.74. The van der Waals surface area contributed by atoms with Crippen molar-refractivity contribution in [2.75, 3.05) is 13.2 Å². The van der Waals surface area contributed by atoms with E-state index in [1.165, 1.54) is 0 Å². The zero-order valence-electron chi connectivity index (χ0n) is 8.75. The maximum Gasteiger partial charge on any atom is 0.123 e. The molecule has 2 unspecified atom stereocenters. The van der Waals surface area contributed by atoms with E-state index in [1.807, 2.05) is 12.1 Å². The summed E-state index contributed by atoms with van der Waals surface area (Å²) in [6.45, 7) is 5.71. The van der Waals surface area contributed by atoms with Gasteiger partial charge in [-0.2, -0.15) is 0 Å². The van der Waals surface area contributed by atoms with Crippen molar-refractivity contribution in [1.82, 2.24) is 5.32 Å². The predicted octanol–water partition coefficient (Wildman–Crippen LogP) is 1.89. The summed E-state index contributed by atoms with van der Waals surface area (Å²) in [6, 6.07) is 4.71. The molecule has 1 fully saturated rings. The van der Waals surface area contributed by atoms with E-state index < -0.39 is 0 Å². The molecule has 0 bridgehead atoms. The Morgan fingerprint density at radius 2 is 2.29 bits per heavy atom. The Bertz CT molecular complexity index is 295. The summed E-state index contributed by atoms with van der Waals surface area (Å²) in [7, 11) is 0. The van der Waals surface area contributed by atoms with Crippen LogP contribution in [0.1, 0.15) is 31.4 Å². The van der Waals surface area contributed by atoms with Crippen molar-refractivity contribution in [3.63, 3.8) is 0 Å². The normalized spacial score (nSPS) is 27.9.